The summed E-state index contributed by atoms with van der Waals surface area (Å²) >= 11 is 5.61. The number of halogens is 2. The topological polar surface area (TPSA) is 24.5 Å². The molecule has 0 amide bonds. The van der Waals surface area contributed by atoms with Gasteiger partial charge in [0.1, 0.15) is 5.75 Å². The molecule has 1 heterocycles. The third-order valence-electron chi connectivity index (χ3n) is 5.01. The largest absolute Gasteiger partial charge is 0.435 e. The predicted octanol–water partition coefficient (Wildman–Crippen LogP) is 4.89. The molecule has 0 radical (unpaired) electrons. The number of thiocarbonyl (C=S) groups is 1. The summed E-state index contributed by atoms with van der Waals surface area (Å²) in [7, 11) is 0. The van der Waals surface area contributed by atoms with Crippen LogP contribution in [0, 0.1) is 10.8 Å². The highest BCUT2D eigenvalue weighted by Crippen LogP contribution is 2.52. The van der Waals surface area contributed by atoms with Crippen molar-refractivity contribution in [3.63, 3.8) is 0 Å². The van der Waals surface area contributed by atoms with Gasteiger partial charge in [-0.2, -0.15) is 8.78 Å². The van der Waals surface area contributed by atoms with E-state index in [0.717, 1.165) is 18.7 Å². The molecule has 2 bridgehead atoms. The molecular weight excluding hydrogens is 330 g/mol. The van der Waals surface area contributed by atoms with Gasteiger partial charge in [0, 0.05) is 18.3 Å². The Morgan fingerprint density at radius 3 is 2.54 bits per heavy atom. The van der Waals surface area contributed by atoms with Crippen molar-refractivity contribution in [3.05, 3.63) is 24.3 Å². The van der Waals surface area contributed by atoms with Gasteiger partial charge in [0.2, 0.25) is 0 Å². The minimum atomic E-state index is -2.81. The van der Waals surface area contributed by atoms with Crippen molar-refractivity contribution in [2.45, 2.75) is 52.7 Å². The molecule has 1 saturated carbocycles. The van der Waals surface area contributed by atoms with Crippen molar-refractivity contribution in [1.82, 2.24) is 4.90 Å². The predicted molar refractivity (Wildman–Crippen MR) is 95.5 cm³/mol. The quantitative estimate of drug-likeness (QED) is 0.782. The van der Waals surface area contributed by atoms with Crippen molar-refractivity contribution >= 4 is 23.0 Å². The van der Waals surface area contributed by atoms with Gasteiger partial charge in [-0.15, -0.1) is 0 Å². The van der Waals surface area contributed by atoms with E-state index in [1.54, 1.807) is 12.1 Å². The normalized spacial score (nSPS) is 28.1. The second-order valence-corrected chi connectivity index (χ2v) is 8.56. The molecule has 1 saturated heterocycles. The lowest BCUT2D eigenvalue weighted by Gasteiger charge is -2.39. The van der Waals surface area contributed by atoms with E-state index < -0.39 is 6.61 Å². The van der Waals surface area contributed by atoms with E-state index in [-0.39, 0.29) is 5.75 Å². The van der Waals surface area contributed by atoms with Crippen LogP contribution in [0.4, 0.5) is 14.5 Å². The van der Waals surface area contributed by atoms with Gasteiger partial charge in [-0.3, -0.25) is 0 Å². The summed E-state index contributed by atoms with van der Waals surface area (Å²) in [6.45, 7) is 5.18. The van der Waals surface area contributed by atoms with Gasteiger partial charge in [-0.05, 0) is 66.6 Å². The molecule has 3 rings (SSSR count). The Morgan fingerprint density at radius 1 is 1.25 bits per heavy atom. The zero-order valence-electron chi connectivity index (χ0n) is 14.3. The van der Waals surface area contributed by atoms with Crippen LogP contribution in [-0.2, 0) is 0 Å². The van der Waals surface area contributed by atoms with Crippen LogP contribution in [0.25, 0.3) is 0 Å². The van der Waals surface area contributed by atoms with Crippen LogP contribution < -0.4 is 10.1 Å². The summed E-state index contributed by atoms with van der Waals surface area (Å²) in [4.78, 5) is 2.30. The lowest BCUT2D eigenvalue weighted by atomic mass is 9.65. The molecule has 2 fully saturated rings. The number of ether oxygens (including phenoxy) is 1. The second kappa shape index (κ2) is 6.14. The van der Waals surface area contributed by atoms with Crippen molar-refractivity contribution in [3.8, 4) is 5.75 Å². The summed E-state index contributed by atoms with van der Waals surface area (Å²) in [5, 5.41) is 3.95. The lowest BCUT2D eigenvalue weighted by Crippen LogP contribution is -2.39. The minimum absolute atomic E-state index is 0.146. The smallest absolute Gasteiger partial charge is 0.387 e. The van der Waals surface area contributed by atoms with Crippen LogP contribution in [0.3, 0.4) is 0 Å². The van der Waals surface area contributed by atoms with E-state index in [1.165, 1.54) is 25.0 Å². The average molecular weight is 354 g/mol. The van der Waals surface area contributed by atoms with E-state index in [4.69, 9.17) is 12.2 Å². The van der Waals surface area contributed by atoms with Crippen molar-refractivity contribution in [2.75, 3.05) is 11.9 Å². The molecule has 2 atom stereocenters. The van der Waals surface area contributed by atoms with Gasteiger partial charge in [-0.1, -0.05) is 20.8 Å². The summed E-state index contributed by atoms with van der Waals surface area (Å²) in [5.41, 5.74) is 1.44. The molecule has 1 aliphatic heterocycles. The first-order chi connectivity index (χ1) is 11.2. The Kier molecular flexibility index (Phi) is 4.45. The van der Waals surface area contributed by atoms with Crippen LogP contribution >= 0.6 is 12.2 Å². The molecule has 1 aliphatic carbocycles. The molecule has 2 aliphatic rings. The monoisotopic (exact) mass is 354 g/mol. The molecule has 0 aromatic heterocycles. The number of rotatable bonds is 3. The fourth-order valence-corrected chi connectivity index (χ4v) is 4.94. The molecule has 1 aromatic carbocycles. The number of benzene rings is 1. The molecular formula is C18H24F2N2OS. The number of nitrogens with one attached hydrogen (secondary N) is 1. The first kappa shape index (κ1) is 17.4. The first-order valence-corrected chi connectivity index (χ1v) is 8.69. The Balaban J connectivity index is 1.65. The molecule has 0 unspecified atom stereocenters. The lowest BCUT2D eigenvalue weighted by molar-refractivity contribution is -0.0498. The van der Waals surface area contributed by atoms with Gasteiger partial charge in [-0.25, -0.2) is 0 Å². The Bertz CT molecular complexity index is 620. The maximum Gasteiger partial charge on any atom is 0.387 e. The van der Waals surface area contributed by atoms with E-state index in [0.29, 0.717) is 22.0 Å². The number of hydrogen-bond acceptors (Lipinski definition) is 2. The molecule has 24 heavy (non-hydrogen) atoms. The van der Waals surface area contributed by atoms with Crippen LogP contribution in [0.2, 0.25) is 0 Å². The van der Waals surface area contributed by atoms with Gasteiger partial charge in [0.15, 0.2) is 5.11 Å². The highest BCUT2D eigenvalue weighted by atomic mass is 32.1. The molecule has 3 nitrogen and oxygen atoms in total. The SMILES string of the molecule is CC1(C)C[C@H]2C[C@@](C)(CN2C(=S)Nc2ccc(OC(F)F)cc2)C1. The number of fused-ring (bicyclic) bond motifs is 2. The second-order valence-electron chi connectivity index (χ2n) is 8.17. The fraction of sp³-hybridized carbons (Fsp3) is 0.611. The van der Waals surface area contributed by atoms with Gasteiger partial charge in [0.05, 0.1) is 0 Å². The van der Waals surface area contributed by atoms with Gasteiger partial charge >= 0.3 is 6.61 Å². The summed E-state index contributed by atoms with van der Waals surface area (Å²) in [6, 6.07) is 6.92. The standard InChI is InChI=1S/C18H24F2N2OS/c1-17(2)8-13-9-18(3,10-17)11-22(13)16(24)21-12-4-6-14(7-5-12)23-15(19)20/h4-7,13,15H,8-11H2,1-3H3,(H,21,24)/t13-,18+/m0/s1. The summed E-state index contributed by atoms with van der Waals surface area (Å²) in [6.07, 6.45) is 3.54. The third-order valence-corrected chi connectivity index (χ3v) is 5.34. The Labute approximate surface area is 147 Å². The molecule has 0 spiro atoms. The van der Waals surface area contributed by atoms with Crippen LogP contribution in [0.5, 0.6) is 5.75 Å². The number of likely N-dealkylation sites (tertiary alicyclic amines) is 1. The van der Waals surface area contributed by atoms with Crippen LogP contribution in [0.15, 0.2) is 24.3 Å². The zero-order chi connectivity index (χ0) is 17.5. The zero-order valence-corrected chi connectivity index (χ0v) is 15.1. The van der Waals surface area contributed by atoms with Crippen molar-refractivity contribution in [2.24, 2.45) is 10.8 Å². The average Bonchev–Trinajstić information content (AvgIpc) is 2.69. The number of nitrogens with zero attached hydrogens (tertiary/aromatic N) is 1. The van der Waals surface area contributed by atoms with Crippen molar-refractivity contribution < 1.29 is 13.5 Å². The van der Waals surface area contributed by atoms with Crippen molar-refractivity contribution in [1.29, 1.82) is 0 Å². The highest BCUT2D eigenvalue weighted by Gasteiger charge is 2.50. The Hall–Kier alpha value is -1.43. The third kappa shape index (κ3) is 3.79. The fourth-order valence-electron chi connectivity index (χ4n) is 4.61. The molecule has 1 aromatic rings. The van der Waals surface area contributed by atoms with E-state index in [2.05, 4.69) is 35.7 Å². The van der Waals surface area contributed by atoms with Crippen LogP contribution in [-0.4, -0.2) is 29.2 Å². The number of anilines is 1. The number of alkyl halides is 2. The molecule has 6 heteroatoms. The summed E-state index contributed by atoms with van der Waals surface area (Å²) < 4.78 is 28.7. The maximum atomic E-state index is 12.2. The van der Waals surface area contributed by atoms with Gasteiger partial charge < -0.3 is 15.0 Å². The van der Waals surface area contributed by atoms with E-state index in [1.807, 2.05) is 0 Å². The van der Waals surface area contributed by atoms with E-state index in [9.17, 15) is 8.78 Å². The highest BCUT2D eigenvalue weighted by molar-refractivity contribution is 7.80. The van der Waals surface area contributed by atoms with Gasteiger partial charge in [0.25, 0.3) is 0 Å². The summed E-state index contributed by atoms with van der Waals surface area (Å²) in [5.74, 6) is 0.146. The molecule has 132 valence electrons. The Morgan fingerprint density at radius 2 is 1.92 bits per heavy atom. The number of hydrogen-bond donors (Lipinski definition) is 1. The minimum Gasteiger partial charge on any atom is -0.435 e. The van der Waals surface area contributed by atoms with Crippen LogP contribution in [0.1, 0.15) is 40.0 Å². The maximum absolute atomic E-state index is 12.2. The first-order valence-electron chi connectivity index (χ1n) is 8.28. The van der Waals surface area contributed by atoms with E-state index >= 15 is 0 Å². The molecule has 1 N–H and O–H groups in total.